The molecule has 3 rings (SSSR count). The Morgan fingerprint density at radius 2 is 1.62 bits per heavy atom. The fraction of sp³-hybridized carbons (Fsp3) is 0.440. The molecule has 0 heterocycles. The van der Waals surface area contributed by atoms with E-state index in [0.29, 0.717) is 18.9 Å². The summed E-state index contributed by atoms with van der Waals surface area (Å²) in [5.41, 5.74) is -0.234. The molecule has 2 aromatic rings. The first-order chi connectivity index (χ1) is 16.2. The van der Waals surface area contributed by atoms with Crippen LogP contribution in [0, 0.1) is 0 Å². The molecule has 6 nitrogen and oxygen atoms in total. The molecule has 0 aliphatic heterocycles. The second-order valence-electron chi connectivity index (χ2n) is 8.15. The fourth-order valence-electron chi connectivity index (χ4n) is 3.84. The van der Waals surface area contributed by atoms with Gasteiger partial charge in [0.25, 0.3) is 0 Å². The van der Waals surface area contributed by atoms with Gasteiger partial charge in [-0.1, -0.05) is 52.9 Å². The number of carboxylic acids is 1. The second-order valence-corrected chi connectivity index (χ2v) is 8.15. The van der Waals surface area contributed by atoms with E-state index in [0.717, 1.165) is 5.56 Å². The number of para-hydroxylation sites is 1. The highest BCUT2D eigenvalue weighted by atomic mass is 127. The standard InChI is InChI=1S/C24H28F2N2O4.CH3I/c1-17(18-7-9-19(10-8-18)21(29)30)28-22(31)23(11-13-24(25,26)14-12-23)27-15-16-32-20-5-3-2-4-6-20;1-2/h2-10,17,27H,11-16H2,1H3,(H,28,31)(H,29,30);1H3/t17-;/m0./s1. The van der Waals surface area contributed by atoms with Gasteiger partial charge in [-0.15, -0.1) is 0 Å². The van der Waals surface area contributed by atoms with E-state index in [-0.39, 0.29) is 37.2 Å². The number of hydrogen-bond donors (Lipinski definition) is 3. The van der Waals surface area contributed by atoms with Crippen molar-refractivity contribution in [2.45, 2.75) is 50.1 Å². The van der Waals surface area contributed by atoms with E-state index in [2.05, 4.69) is 33.2 Å². The van der Waals surface area contributed by atoms with Crippen molar-refractivity contribution in [3.8, 4) is 5.75 Å². The van der Waals surface area contributed by atoms with E-state index in [1.807, 2.05) is 35.3 Å². The van der Waals surface area contributed by atoms with E-state index in [1.54, 1.807) is 19.1 Å². The molecule has 186 valence electrons. The van der Waals surface area contributed by atoms with Crippen LogP contribution < -0.4 is 15.4 Å². The summed E-state index contributed by atoms with van der Waals surface area (Å²) in [6.07, 6.45) is -0.701. The van der Waals surface area contributed by atoms with Gasteiger partial charge < -0.3 is 15.2 Å². The van der Waals surface area contributed by atoms with Crippen LogP contribution in [0.2, 0.25) is 0 Å². The SMILES string of the molecule is CI.C[C@H](NC(=O)C1(NCCOc2ccccc2)CCC(F)(F)CC1)c1ccc(C(=O)O)cc1. The molecule has 0 saturated heterocycles. The van der Waals surface area contributed by atoms with Gasteiger partial charge >= 0.3 is 5.97 Å². The number of amides is 1. The molecule has 0 aromatic heterocycles. The molecule has 0 bridgehead atoms. The molecule has 0 radical (unpaired) electrons. The van der Waals surface area contributed by atoms with Crippen molar-refractivity contribution in [2.24, 2.45) is 0 Å². The third-order valence-corrected chi connectivity index (χ3v) is 5.85. The Kier molecular flexibility index (Phi) is 10.7. The van der Waals surface area contributed by atoms with E-state index >= 15 is 0 Å². The molecule has 9 heteroatoms. The van der Waals surface area contributed by atoms with Crippen LogP contribution in [0.5, 0.6) is 5.75 Å². The van der Waals surface area contributed by atoms with Gasteiger partial charge in [-0.3, -0.25) is 10.1 Å². The average molecular weight is 588 g/mol. The number of carbonyl (C=O) groups is 2. The molecule has 34 heavy (non-hydrogen) atoms. The lowest BCUT2D eigenvalue weighted by molar-refractivity contribution is -0.134. The largest absolute Gasteiger partial charge is 0.492 e. The third-order valence-electron chi connectivity index (χ3n) is 5.85. The highest BCUT2D eigenvalue weighted by molar-refractivity contribution is 14.1. The van der Waals surface area contributed by atoms with Crippen molar-refractivity contribution in [2.75, 3.05) is 18.1 Å². The Bertz CT molecular complexity index is 916. The first-order valence-electron chi connectivity index (χ1n) is 11.0. The molecular formula is C25H31F2IN2O4. The van der Waals surface area contributed by atoms with Gasteiger partial charge in [0.05, 0.1) is 17.1 Å². The molecule has 1 amide bonds. The Morgan fingerprint density at radius 3 is 2.18 bits per heavy atom. The maximum Gasteiger partial charge on any atom is 0.335 e. The van der Waals surface area contributed by atoms with Gasteiger partial charge in [0.15, 0.2) is 0 Å². The van der Waals surface area contributed by atoms with Gasteiger partial charge in [0.2, 0.25) is 11.8 Å². The number of aromatic carboxylic acids is 1. The zero-order valence-electron chi connectivity index (χ0n) is 19.3. The van der Waals surface area contributed by atoms with E-state index in [4.69, 9.17) is 9.84 Å². The molecule has 0 spiro atoms. The highest BCUT2D eigenvalue weighted by Crippen LogP contribution is 2.39. The highest BCUT2D eigenvalue weighted by Gasteiger charge is 2.47. The van der Waals surface area contributed by atoms with Crippen molar-refractivity contribution in [1.29, 1.82) is 0 Å². The van der Waals surface area contributed by atoms with E-state index < -0.39 is 23.5 Å². The van der Waals surface area contributed by atoms with Crippen LogP contribution >= 0.6 is 22.6 Å². The molecule has 3 N–H and O–H groups in total. The molecule has 1 fully saturated rings. The smallest absolute Gasteiger partial charge is 0.335 e. The van der Waals surface area contributed by atoms with E-state index in [1.165, 1.54) is 12.1 Å². The van der Waals surface area contributed by atoms with Crippen LogP contribution in [0.15, 0.2) is 54.6 Å². The summed E-state index contributed by atoms with van der Waals surface area (Å²) in [7, 11) is 0. The predicted molar refractivity (Wildman–Crippen MR) is 136 cm³/mol. The number of carbonyl (C=O) groups excluding carboxylic acids is 1. The van der Waals surface area contributed by atoms with Gasteiger partial charge in [-0.05, 0) is 54.5 Å². The number of ether oxygens (including phenoxy) is 1. The lowest BCUT2D eigenvalue weighted by atomic mass is 9.78. The Hall–Kier alpha value is -2.27. The number of halogens is 3. The normalized spacial score (nSPS) is 17.0. The topological polar surface area (TPSA) is 87.7 Å². The monoisotopic (exact) mass is 588 g/mol. The molecule has 1 saturated carbocycles. The van der Waals surface area contributed by atoms with Crippen molar-refractivity contribution in [1.82, 2.24) is 10.6 Å². The Balaban J connectivity index is 0.00000199. The first-order valence-corrected chi connectivity index (χ1v) is 13.2. The summed E-state index contributed by atoms with van der Waals surface area (Å²) >= 11 is 2.15. The summed E-state index contributed by atoms with van der Waals surface area (Å²) in [4.78, 5) is 26.2. The maximum atomic E-state index is 13.8. The summed E-state index contributed by atoms with van der Waals surface area (Å²) in [5.74, 6) is -3.45. The Labute approximate surface area is 212 Å². The summed E-state index contributed by atoms with van der Waals surface area (Å²) in [5, 5.41) is 15.1. The van der Waals surface area contributed by atoms with Gasteiger partial charge in [0, 0.05) is 19.4 Å². The molecule has 2 aromatic carbocycles. The van der Waals surface area contributed by atoms with Crippen LogP contribution in [0.3, 0.4) is 0 Å². The number of benzene rings is 2. The van der Waals surface area contributed by atoms with Crippen LogP contribution in [-0.2, 0) is 4.79 Å². The lowest BCUT2D eigenvalue weighted by Gasteiger charge is -2.40. The molecule has 0 unspecified atom stereocenters. The van der Waals surface area contributed by atoms with Crippen molar-refractivity contribution in [3.05, 3.63) is 65.7 Å². The molecule has 1 atom stereocenters. The summed E-state index contributed by atoms with van der Waals surface area (Å²) < 4.78 is 33.3. The first kappa shape index (κ1) is 28.0. The predicted octanol–water partition coefficient (Wildman–Crippen LogP) is 5.23. The van der Waals surface area contributed by atoms with Crippen molar-refractivity contribution in [3.63, 3.8) is 0 Å². The number of carboxylic acid groups (broad SMARTS) is 1. The van der Waals surface area contributed by atoms with Crippen LogP contribution in [0.4, 0.5) is 8.78 Å². The van der Waals surface area contributed by atoms with Crippen molar-refractivity contribution >= 4 is 34.5 Å². The van der Waals surface area contributed by atoms with Crippen molar-refractivity contribution < 1.29 is 28.2 Å². The zero-order chi connectivity index (χ0) is 25.2. The molecular weight excluding hydrogens is 557 g/mol. The number of rotatable bonds is 9. The maximum absolute atomic E-state index is 13.8. The van der Waals surface area contributed by atoms with Gasteiger partial charge in [-0.25, -0.2) is 13.6 Å². The van der Waals surface area contributed by atoms with Gasteiger partial charge in [0.1, 0.15) is 12.4 Å². The summed E-state index contributed by atoms with van der Waals surface area (Å²) in [6.45, 7) is 2.40. The second kappa shape index (κ2) is 13.0. The van der Waals surface area contributed by atoms with Gasteiger partial charge in [-0.2, -0.15) is 0 Å². The molecule has 1 aliphatic carbocycles. The zero-order valence-corrected chi connectivity index (χ0v) is 21.5. The quantitative estimate of drug-likeness (QED) is 0.212. The number of hydrogen-bond acceptors (Lipinski definition) is 4. The minimum atomic E-state index is -2.77. The van der Waals surface area contributed by atoms with Crippen LogP contribution in [0.25, 0.3) is 0 Å². The number of alkyl halides is 3. The Morgan fingerprint density at radius 1 is 1.03 bits per heavy atom. The minimum Gasteiger partial charge on any atom is -0.492 e. The third kappa shape index (κ3) is 7.90. The molecule has 1 aliphatic rings. The summed E-state index contributed by atoms with van der Waals surface area (Å²) in [6, 6.07) is 15.0. The minimum absolute atomic E-state index is 0.0157. The fourth-order valence-corrected chi connectivity index (χ4v) is 3.84. The van der Waals surface area contributed by atoms with E-state index in [9.17, 15) is 18.4 Å². The van der Waals surface area contributed by atoms with Crippen LogP contribution in [0.1, 0.15) is 54.6 Å². The number of nitrogens with one attached hydrogen (secondary N) is 2. The average Bonchev–Trinajstić information content (AvgIpc) is 2.85. The van der Waals surface area contributed by atoms with Crippen LogP contribution in [-0.4, -0.2) is 46.5 Å². The lowest BCUT2D eigenvalue weighted by Crippen LogP contribution is -2.60.